The normalized spacial score (nSPS) is 20.2. The summed E-state index contributed by atoms with van der Waals surface area (Å²) in [7, 11) is 3.57. The Balaban J connectivity index is 1.60. The maximum atomic E-state index is 11.4. The predicted molar refractivity (Wildman–Crippen MR) is 107 cm³/mol. The van der Waals surface area contributed by atoms with E-state index in [0.717, 1.165) is 90.8 Å². The number of ether oxygens (including phenoxy) is 2. The van der Waals surface area contributed by atoms with Crippen molar-refractivity contribution in [1.29, 1.82) is 0 Å². The van der Waals surface area contributed by atoms with Gasteiger partial charge in [-0.3, -0.25) is 14.7 Å². The Morgan fingerprint density at radius 2 is 1.78 bits per heavy atom. The lowest BCUT2D eigenvalue weighted by molar-refractivity contribution is -0.130. The molecule has 2 rings (SSSR count). The van der Waals surface area contributed by atoms with Crippen molar-refractivity contribution in [3.8, 4) is 0 Å². The Hall–Kier alpha value is -1.38. The second-order valence-corrected chi connectivity index (χ2v) is 7.23. The molecule has 0 bridgehead atoms. The van der Waals surface area contributed by atoms with Crippen molar-refractivity contribution in [3.63, 3.8) is 0 Å². The van der Waals surface area contributed by atoms with E-state index in [1.165, 1.54) is 0 Å². The average Bonchev–Trinajstić information content (AvgIpc) is 2.69. The Labute approximate surface area is 163 Å². The molecule has 8 heteroatoms. The first kappa shape index (κ1) is 21.9. The molecule has 27 heavy (non-hydrogen) atoms. The molecule has 1 amide bonds. The fourth-order valence-electron chi connectivity index (χ4n) is 3.63. The number of methoxy groups -OCH3 is 1. The number of guanidine groups is 1. The van der Waals surface area contributed by atoms with E-state index < -0.39 is 0 Å². The van der Waals surface area contributed by atoms with Gasteiger partial charge < -0.3 is 24.6 Å². The molecule has 156 valence electrons. The van der Waals surface area contributed by atoms with Crippen LogP contribution in [0.15, 0.2) is 4.99 Å². The van der Waals surface area contributed by atoms with Crippen LogP contribution in [0.1, 0.15) is 26.2 Å². The maximum absolute atomic E-state index is 11.4. The van der Waals surface area contributed by atoms with E-state index in [2.05, 4.69) is 20.1 Å². The number of piperidine rings is 1. The molecule has 2 saturated heterocycles. The molecule has 0 aromatic carbocycles. The third-order valence-electron chi connectivity index (χ3n) is 5.33. The quantitative estimate of drug-likeness (QED) is 0.368. The number of likely N-dealkylation sites (tertiary alicyclic amines) is 1. The van der Waals surface area contributed by atoms with Gasteiger partial charge in [0.25, 0.3) is 0 Å². The van der Waals surface area contributed by atoms with Crippen LogP contribution in [-0.4, -0.2) is 112 Å². The van der Waals surface area contributed by atoms with Crippen molar-refractivity contribution in [1.82, 2.24) is 20.0 Å². The molecule has 0 spiro atoms. The van der Waals surface area contributed by atoms with Gasteiger partial charge in [0.2, 0.25) is 5.91 Å². The van der Waals surface area contributed by atoms with Crippen molar-refractivity contribution in [2.45, 2.75) is 32.3 Å². The summed E-state index contributed by atoms with van der Waals surface area (Å²) in [5, 5.41) is 3.49. The smallest absolute Gasteiger partial charge is 0.219 e. The van der Waals surface area contributed by atoms with Crippen LogP contribution in [0.2, 0.25) is 0 Å². The molecule has 2 heterocycles. The minimum Gasteiger partial charge on any atom is -0.385 e. The van der Waals surface area contributed by atoms with Gasteiger partial charge in [0.1, 0.15) is 0 Å². The van der Waals surface area contributed by atoms with Crippen LogP contribution in [0, 0.1) is 0 Å². The summed E-state index contributed by atoms with van der Waals surface area (Å²) in [6.07, 6.45) is 3.40. The summed E-state index contributed by atoms with van der Waals surface area (Å²) in [6, 6.07) is 0. The lowest BCUT2D eigenvalue weighted by Gasteiger charge is -2.36. The largest absolute Gasteiger partial charge is 0.385 e. The lowest BCUT2D eigenvalue weighted by Crippen LogP contribution is -2.51. The van der Waals surface area contributed by atoms with Crippen LogP contribution in [0.5, 0.6) is 0 Å². The molecule has 2 fully saturated rings. The fourth-order valence-corrected chi connectivity index (χ4v) is 3.63. The number of nitrogens with zero attached hydrogens (tertiary/aromatic N) is 4. The van der Waals surface area contributed by atoms with Crippen molar-refractivity contribution in [3.05, 3.63) is 0 Å². The molecule has 0 aromatic heterocycles. The lowest BCUT2D eigenvalue weighted by atomic mass is 10.1. The predicted octanol–water partition coefficient (Wildman–Crippen LogP) is 0.243. The van der Waals surface area contributed by atoms with Crippen LogP contribution in [0.3, 0.4) is 0 Å². The molecule has 0 radical (unpaired) electrons. The van der Waals surface area contributed by atoms with Crippen LogP contribution in [0.25, 0.3) is 0 Å². The minimum atomic E-state index is 0.180. The van der Waals surface area contributed by atoms with Gasteiger partial charge in [0, 0.05) is 86.7 Å². The second-order valence-electron chi connectivity index (χ2n) is 7.23. The summed E-state index contributed by atoms with van der Waals surface area (Å²) in [5.74, 6) is 1.16. The van der Waals surface area contributed by atoms with Gasteiger partial charge >= 0.3 is 0 Å². The molecule has 2 aliphatic rings. The van der Waals surface area contributed by atoms with Crippen LogP contribution in [0.4, 0.5) is 0 Å². The number of amides is 1. The molecule has 0 aliphatic carbocycles. The third-order valence-corrected chi connectivity index (χ3v) is 5.33. The van der Waals surface area contributed by atoms with Gasteiger partial charge in [0.05, 0.1) is 6.10 Å². The molecule has 0 aromatic rings. The highest BCUT2D eigenvalue weighted by Crippen LogP contribution is 2.14. The number of nitrogens with one attached hydrogen (secondary N) is 1. The van der Waals surface area contributed by atoms with E-state index >= 15 is 0 Å². The summed E-state index contributed by atoms with van der Waals surface area (Å²) in [4.78, 5) is 22.5. The van der Waals surface area contributed by atoms with Gasteiger partial charge in [-0.05, 0) is 19.3 Å². The van der Waals surface area contributed by atoms with E-state index in [9.17, 15) is 4.79 Å². The van der Waals surface area contributed by atoms with Gasteiger partial charge in [-0.2, -0.15) is 0 Å². The standard InChI is InChI=1S/C19H37N5O3/c1-17(25)23-13-11-22(12-14-23)10-7-21-19(20-2)24-8-5-18(6-9-24)27-16-4-15-26-3/h18H,4-16H2,1-3H3,(H,20,21). The molecule has 8 nitrogen and oxygen atoms in total. The monoisotopic (exact) mass is 383 g/mol. The Bertz CT molecular complexity index is 458. The number of rotatable bonds is 8. The highest BCUT2D eigenvalue weighted by Gasteiger charge is 2.22. The zero-order valence-corrected chi connectivity index (χ0v) is 17.3. The molecular weight excluding hydrogens is 346 g/mol. The van der Waals surface area contributed by atoms with Crippen LogP contribution < -0.4 is 5.32 Å². The molecule has 2 aliphatic heterocycles. The minimum absolute atomic E-state index is 0.180. The zero-order chi connectivity index (χ0) is 19.5. The van der Waals surface area contributed by atoms with Gasteiger partial charge in [0.15, 0.2) is 5.96 Å². The first-order valence-electron chi connectivity index (χ1n) is 10.2. The fraction of sp³-hybridized carbons (Fsp3) is 0.895. The first-order valence-corrected chi connectivity index (χ1v) is 10.2. The number of hydrogen-bond donors (Lipinski definition) is 1. The van der Waals surface area contributed by atoms with E-state index in [4.69, 9.17) is 9.47 Å². The van der Waals surface area contributed by atoms with Gasteiger partial charge in [-0.15, -0.1) is 0 Å². The van der Waals surface area contributed by atoms with Gasteiger partial charge in [-0.1, -0.05) is 0 Å². The van der Waals surface area contributed by atoms with Crippen molar-refractivity contribution < 1.29 is 14.3 Å². The van der Waals surface area contributed by atoms with E-state index in [1.807, 2.05) is 11.9 Å². The Morgan fingerprint density at radius 3 is 2.37 bits per heavy atom. The van der Waals surface area contributed by atoms with E-state index in [-0.39, 0.29) is 5.91 Å². The average molecular weight is 384 g/mol. The highest BCUT2D eigenvalue weighted by molar-refractivity contribution is 5.80. The van der Waals surface area contributed by atoms with Crippen molar-refractivity contribution in [2.75, 3.05) is 79.7 Å². The second kappa shape index (κ2) is 12.2. The topological polar surface area (TPSA) is 69.6 Å². The number of aliphatic imine (C=N–C) groups is 1. The Morgan fingerprint density at radius 1 is 1.07 bits per heavy atom. The summed E-state index contributed by atoms with van der Waals surface area (Å²) in [5.41, 5.74) is 0. The molecule has 1 N–H and O–H groups in total. The first-order chi connectivity index (χ1) is 13.1. The number of carbonyl (C=O) groups excluding carboxylic acids is 1. The maximum Gasteiger partial charge on any atom is 0.219 e. The number of carbonyl (C=O) groups is 1. The summed E-state index contributed by atoms with van der Waals surface area (Å²) >= 11 is 0. The molecule has 0 atom stereocenters. The summed E-state index contributed by atoms with van der Waals surface area (Å²) in [6.45, 7) is 10.6. The van der Waals surface area contributed by atoms with Crippen LogP contribution in [-0.2, 0) is 14.3 Å². The zero-order valence-electron chi connectivity index (χ0n) is 17.3. The molecule has 0 saturated carbocycles. The molecular formula is C19H37N5O3. The Kier molecular flexibility index (Phi) is 9.86. The van der Waals surface area contributed by atoms with E-state index in [1.54, 1.807) is 14.0 Å². The van der Waals surface area contributed by atoms with Crippen molar-refractivity contribution >= 4 is 11.9 Å². The number of hydrogen-bond acceptors (Lipinski definition) is 5. The SMILES string of the molecule is CN=C(NCCN1CCN(C(C)=O)CC1)N1CCC(OCCCOC)CC1. The number of piperazine rings is 1. The summed E-state index contributed by atoms with van der Waals surface area (Å²) < 4.78 is 11.0. The third kappa shape index (κ3) is 7.63. The van der Waals surface area contributed by atoms with Gasteiger partial charge in [-0.25, -0.2) is 0 Å². The van der Waals surface area contributed by atoms with Crippen molar-refractivity contribution in [2.24, 2.45) is 4.99 Å². The van der Waals surface area contributed by atoms with Crippen LogP contribution >= 0.6 is 0 Å². The highest BCUT2D eigenvalue weighted by atomic mass is 16.5. The molecule has 0 unspecified atom stereocenters. The van der Waals surface area contributed by atoms with E-state index in [0.29, 0.717) is 6.10 Å².